The molecule has 2 nitrogen and oxygen atoms in total. The van der Waals surface area contributed by atoms with E-state index in [1.54, 1.807) is 19.3 Å². The standard InChI is InChI=1S/C17H16O2/c1-13-6-9-15(10-7-13)17(18)11-8-14-4-3-5-16(12-14)19-2/h3-12H,1-2H3/b11-8-. The number of rotatable bonds is 4. The van der Waals surface area contributed by atoms with Gasteiger partial charge < -0.3 is 4.74 Å². The largest absolute Gasteiger partial charge is 0.497 e. The summed E-state index contributed by atoms with van der Waals surface area (Å²) in [5.74, 6) is 0.785. The van der Waals surface area contributed by atoms with Crippen LogP contribution in [0.5, 0.6) is 5.75 Å². The minimum atomic E-state index is 0.00261. The molecule has 2 aromatic carbocycles. The molecular formula is C17H16O2. The number of aryl methyl sites for hydroxylation is 1. The number of hydrogen-bond acceptors (Lipinski definition) is 2. The fourth-order valence-corrected chi connectivity index (χ4v) is 1.73. The van der Waals surface area contributed by atoms with E-state index in [9.17, 15) is 4.79 Å². The summed E-state index contributed by atoms with van der Waals surface area (Å²) >= 11 is 0. The van der Waals surface area contributed by atoms with Gasteiger partial charge in [-0.15, -0.1) is 0 Å². The summed E-state index contributed by atoms with van der Waals surface area (Å²) in [6.45, 7) is 2.00. The quantitative estimate of drug-likeness (QED) is 0.609. The second-order valence-corrected chi connectivity index (χ2v) is 4.34. The second-order valence-electron chi connectivity index (χ2n) is 4.34. The molecule has 0 unspecified atom stereocenters. The lowest BCUT2D eigenvalue weighted by molar-refractivity contribution is 0.104. The lowest BCUT2D eigenvalue weighted by atomic mass is 10.1. The molecule has 2 aromatic rings. The number of methoxy groups -OCH3 is 1. The van der Waals surface area contributed by atoms with Crippen LogP contribution in [0, 0.1) is 6.92 Å². The fourth-order valence-electron chi connectivity index (χ4n) is 1.73. The Balaban J connectivity index is 2.13. The van der Waals surface area contributed by atoms with Crippen molar-refractivity contribution in [1.82, 2.24) is 0 Å². The third-order valence-electron chi connectivity index (χ3n) is 2.86. The summed E-state index contributed by atoms with van der Waals surface area (Å²) in [6.07, 6.45) is 3.38. The zero-order chi connectivity index (χ0) is 13.7. The Kier molecular flexibility index (Phi) is 4.14. The van der Waals surface area contributed by atoms with Gasteiger partial charge in [-0.3, -0.25) is 4.79 Å². The number of carbonyl (C=O) groups is 1. The summed E-state index contributed by atoms with van der Waals surface area (Å²) in [5.41, 5.74) is 2.79. The molecule has 0 spiro atoms. The number of allylic oxidation sites excluding steroid dienone is 1. The van der Waals surface area contributed by atoms with Gasteiger partial charge in [-0.05, 0) is 30.7 Å². The highest BCUT2D eigenvalue weighted by atomic mass is 16.5. The van der Waals surface area contributed by atoms with Gasteiger partial charge in [0.2, 0.25) is 0 Å². The van der Waals surface area contributed by atoms with E-state index in [-0.39, 0.29) is 5.78 Å². The summed E-state index contributed by atoms with van der Waals surface area (Å²) in [4.78, 5) is 12.0. The van der Waals surface area contributed by atoms with E-state index in [4.69, 9.17) is 4.74 Å². The molecule has 0 atom stereocenters. The molecule has 0 aromatic heterocycles. The van der Waals surface area contributed by atoms with Gasteiger partial charge in [-0.2, -0.15) is 0 Å². The SMILES string of the molecule is COc1cccc(/C=C\C(=O)c2ccc(C)cc2)c1. The Hall–Kier alpha value is -2.35. The van der Waals surface area contributed by atoms with Crippen LogP contribution in [0.3, 0.4) is 0 Å². The molecule has 0 amide bonds. The molecule has 0 saturated carbocycles. The first kappa shape index (κ1) is 13.1. The lowest BCUT2D eigenvalue weighted by Crippen LogP contribution is -1.93. The Labute approximate surface area is 113 Å². The smallest absolute Gasteiger partial charge is 0.185 e. The summed E-state index contributed by atoms with van der Waals surface area (Å²) in [7, 11) is 1.63. The van der Waals surface area contributed by atoms with Crippen LogP contribution < -0.4 is 4.74 Å². The van der Waals surface area contributed by atoms with Crippen molar-refractivity contribution in [2.75, 3.05) is 7.11 Å². The first-order valence-corrected chi connectivity index (χ1v) is 6.12. The van der Waals surface area contributed by atoms with Crippen molar-refractivity contribution in [3.63, 3.8) is 0 Å². The first-order chi connectivity index (χ1) is 9.19. The van der Waals surface area contributed by atoms with Crippen LogP contribution >= 0.6 is 0 Å². The van der Waals surface area contributed by atoms with Gasteiger partial charge in [0.25, 0.3) is 0 Å². The Morgan fingerprint density at radius 2 is 1.84 bits per heavy atom. The van der Waals surface area contributed by atoms with Gasteiger partial charge >= 0.3 is 0 Å². The molecule has 0 saturated heterocycles. The fraction of sp³-hybridized carbons (Fsp3) is 0.118. The molecular weight excluding hydrogens is 236 g/mol. The molecule has 2 rings (SSSR count). The van der Waals surface area contributed by atoms with Gasteiger partial charge in [0.1, 0.15) is 5.75 Å². The molecule has 0 aliphatic carbocycles. The first-order valence-electron chi connectivity index (χ1n) is 6.12. The van der Waals surface area contributed by atoms with Crippen LogP contribution in [-0.2, 0) is 0 Å². The van der Waals surface area contributed by atoms with Crippen molar-refractivity contribution in [1.29, 1.82) is 0 Å². The summed E-state index contributed by atoms with van der Waals surface area (Å²) in [5, 5.41) is 0. The maximum absolute atomic E-state index is 12.0. The number of ether oxygens (including phenoxy) is 1. The predicted octanol–water partition coefficient (Wildman–Crippen LogP) is 3.90. The third kappa shape index (κ3) is 3.55. The highest BCUT2D eigenvalue weighted by molar-refractivity contribution is 6.06. The van der Waals surface area contributed by atoms with E-state index in [2.05, 4.69) is 0 Å². The molecule has 19 heavy (non-hydrogen) atoms. The van der Waals surface area contributed by atoms with Gasteiger partial charge in [0.15, 0.2) is 5.78 Å². The molecule has 2 heteroatoms. The van der Waals surface area contributed by atoms with Crippen molar-refractivity contribution in [2.45, 2.75) is 6.92 Å². The van der Waals surface area contributed by atoms with Gasteiger partial charge in [-0.25, -0.2) is 0 Å². The van der Waals surface area contributed by atoms with Gasteiger partial charge in [-0.1, -0.05) is 48.0 Å². The van der Waals surface area contributed by atoms with Crippen LogP contribution in [0.15, 0.2) is 54.6 Å². The topological polar surface area (TPSA) is 26.3 Å². The molecule has 0 aliphatic rings. The third-order valence-corrected chi connectivity index (χ3v) is 2.86. The Morgan fingerprint density at radius 1 is 1.11 bits per heavy atom. The summed E-state index contributed by atoms with van der Waals surface area (Å²) < 4.78 is 5.14. The van der Waals surface area contributed by atoms with Crippen molar-refractivity contribution in [2.24, 2.45) is 0 Å². The zero-order valence-electron chi connectivity index (χ0n) is 11.1. The zero-order valence-corrected chi connectivity index (χ0v) is 11.1. The van der Waals surface area contributed by atoms with Crippen LogP contribution in [0.1, 0.15) is 21.5 Å². The number of hydrogen-bond donors (Lipinski definition) is 0. The van der Waals surface area contributed by atoms with Crippen molar-refractivity contribution < 1.29 is 9.53 Å². The highest BCUT2D eigenvalue weighted by Gasteiger charge is 2.00. The maximum Gasteiger partial charge on any atom is 0.185 e. The van der Waals surface area contributed by atoms with Crippen molar-refractivity contribution >= 4 is 11.9 Å². The minimum absolute atomic E-state index is 0.00261. The average Bonchev–Trinajstić information content (AvgIpc) is 2.46. The van der Waals surface area contributed by atoms with Crippen LogP contribution in [0.4, 0.5) is 0 Å². The maximum atomic E-state index is 12.0. The van der Waals surface area contributed by atoms with E-state index in [0.29, 0.717) is 5.56 Å². The monoisotopic (exact) mass is 252 g/mol. The Morgan fingerprint density at radius 3 is 2.53 bits per heavy atom. The van der Waals surface area contributed by atoms with Gasteiger partial charge in [0, 0.05) is 5.56 Å². The molecule has 0 N–H and O–H groups in total. The molecule has 0 heterocycles. The van der Waals surface area contributed by atoms with E-state index in [0.717, 1.165) is 16.9 Å². The van der Waals surface area contributed by atoms with Crippen LogP contribution in [0.2, 0.25) is 0 Å². The van der Waals surface area contributed by atoms with Gasteiger partial charge in [0.05, 0.1) is 7.11 Å². The highest BCUT2D eigenvalue weighted by Crippen LogP contribution is 2.14. The van der Waals surface area contributed by atoms with Crippen molar-refractivity contribution in [3.05, 3.63) is 71.3 Å². The molecule has 0 radical (unpaired) electrons. The van der Waals surface area contributed by atoms with Crippen molar-refractivity contribution in [3.8, 4) is 5.75 Å². The molecule has 96 valence electrons. The Bertz CT molecular complexity index is 595. The average molecular weight is 252 g/mol. The summed E-state index contributed by atoms with van der Waals surface area (Å²) in [6, 6.07) is 15.1. The number of ketones is 1. The minimum Gasteiger partial charge on any atom is -0.497 e. The molecule has 0 fully saturated rings. The second kappa shape index (κ2) is 6.01. The van der Waals surface area contributed by atoms with E-state index >= 15 is 0 Å². The predicted molar refractivity (Wildman–Crippen MR) is 77.5 cm³/mol. The van der Waals surface area contributed by atoms with E-state index in [1.807, 2.05) is 55.5 Å². The molecule has 0 aliphatic heterocycles. The van der Waals surface area contributed by atoms with Crippen LogP contribution in [-0.4, -0.2) is 12.9 Å². The van der Waals surface area contributed by atoms with E-state index < -0.39 is 0 Å². The van der Waals surface area contributed by atoms with Crippen LogP contribution in [0.25, 0.3) is 6.08 Å². The number of carbonyl (C=O) groups excluding carboxylic acids is 1. The van der Waals surface area contributed by atoms with E-state index in [1.165, 1.54) is 0 Å². The molecule has 0 bridgehead atoms. The number of benzene rings is 2. The normalized spacial score (nSPS) is 10.6. The lowest BCUT2D eigenvalue weighted by Gasteiger charge is -2.00.